The van der Waals surface area contributed by atoms with E-state index < -0.39 is 5.91 Å². The van der Waals surface area contributed by atoms with Crippen LogP contribution in [0.4, 0.5) is 0 Å². The SMILES string of the molecule is Cc1cccn2c(=O)c3cc(C(=O)NCc4ccc5c(c4)OCO5)c(=N)n(Cc4ccccc4)c3nc12. The Morgan fingerprint density at radius 2 is 1.81 bits per heavy atom. The molecule has 0 spiro atoms. The molecule has 0 bridgehead atoms. The first-order chi connectivity index (χ1) is 18.0. The van der Waals surface area contributed by atoms with Crippen molar-refractivity contribution < 1.29 is 14.3 Å². The Morgan fingerprint density at radius 3 is 2.65 bits per heavy atom. The molecule has 0 saturated carbocycles. The number of pyridine rings is 2. The lowest BCUT2D eigenvalue weighted by Gasteiger charge is -2.15. The molecule has 4 heterocycles. The third-order valence-corrected chi connectivity index (χ3v) is 6.45. The zero-order valence-corrected chi connectivity index (χ0v) is 20.0. The fourth-order valence-electron chi connectivity index (χ4n) is 4.52. The van der Waals surface area contributed by atoms with Gasteiger partial charge in [-0.15, -0.1) is 0 Å². The molecule has 2 aromatic carbocycles. The number of fused-ring (bicyclic) bond motifs is 3. The molecular formula is C28H23N5O4. The minimum Gasteiger partial charge on any atom is -0.454 e. The summed E-state index contributed by atoms with van der Waals surface area (Å²) in [6, 6.07) is 20.2. The number of hydrogen-bond acceptors (Lipinski definition) is 6. The van der Waals surface area contributed by atoms with E-state index in [1.165, 1.54) is 10.5 Å². The molecule has 184 valence electrons. The van der Waals surface area contributed by atoms with Crippen LogP contribution < -0.4 is 25.8 Å². The number of amides is 1. The average Bonchev–Trinajstić information content (AvgIpc) is 3.38. The van der Waals surface area contributed by atoms with Crippen molar-refractivity contribution in [2.45, 2.75) is 20.0 Å². The number of rotatable bonds is 5. The molecule has 37 heavy (non-hydrogen) atoms. The maximum Gasteiger partial charge on any atom is 0.267 e. The highest BCUT2D eigenvalue weighted by Crippen LogP contribution is 2.32. The summed E-state index contributed by atoms with van der Waals surface area (Å²) in [5, 5.41) is 12.1. The summed E-state index contributed by atoms with van der Waals surface area (Å²) in [6.07, 6.45) is 1.66. The number of nitrogens with zero attached hydrogens (tertiary/aromatic N) is 3. The van der Waals surface area contributed by atoms with Gasteiger partial charge < -0.3 is 19.4 Å². The van der Waals surface area contributed by atoms with E-state index in [2.05, 4.69) is 5.32 Å². The maximum absolute atomic E-state index is 13.5. The summed E-state index contributed by atoms with van der Waals surface area (Å²) in [5.41, 5.74) is 3.24. The third kappa shape index (κ3) is 4.00. The van der Waals surface area contributed by atoms with Gasteiger partial charge in [-0.1, -0.05) is 42.5 Å². The van der Waals surface area contributed by atoms with Crippen LogP contribution in [0.1, 0.15) is 27.0 Å². The number of nitrogens with one attached hydrogen (secondary N) is 2. The molecule has 1 amide bonds. The van der Waals surface area contributed by atoms with Gasteiger partial charge in [-0.2, -0.15) is 0 Å². The molecule has 9 nitrogen and oxygen atoms in total. The Labute approximate surface area is 211 Å². The van der Waals surface area contributed by atoms with Crippen LogP contribution in [0.3, 0.4) is 0 Å². The zero-order valence-electron chi connectivity index (χ0n) is 20.0. The molecule has 1 aliphatic heterocycles. The smallest absolute Gasteiger partial charge is 0.267 e. The van der Waals surface area contributed by atoms with E-state index in [1.54, 1.807) is 22.9 Å². The van der Waals surface area contributed by atoms with Gasteiger partial charge in [0.15, 0.2) is 11.5 Å². The van der Waals surface area contributed by atoms with E-state index in [4.69, 9.17) is 19.9 Å². The molecule has 0 aliphatic carbocycles. The lowest BCUT2D eigenvalue weighted by molar-refractivity contribution is 0.0948. The van der Waals surface area contributed by atoms with Crippen LogP contribution in [0.5, 0.6) is 11.5 Å². The van der Waals surface area contributed by atoms with Crippen molar-refractivity contribution in [2.24, 2.45) is 0 Å². The monoisotopic (exact) mass is 493 g/mol. The van der Waals surface area contributed by atoms with Gasteiger partial charge in [0.1, 0.15) is 16.8 Å². The molecule has 0 atom stereocenters. The second kappa shape index (κ2) is 8.94. The Bertz CT molecular complexity index is 1810. The molecule has 0 radical (unpaired) electrons. The van der Waals surface area contributed by atoms with Crippen molar-refractivity contribution in [1.29, 1.82) is 5.41 Å². The topological polar surface area (TPSA) is 111 Å². The normalized spacial score (nSPS) is 12.2. The number of aromatic nitrogens is 3. The van der Waals surface area contributed by atoms with E-state index in [9.17, 15) is 9.59 Å². The number of ether oxygens (including phenoxy) is 2. The Balaban J connectivity index is 1.46. The largest absolute Gasteiger partial charge is 0.454 e. The van der Waals surface area contributed by atoms with E-state index in [0.29, 0.717) is 22.8 Å². The van der Waals surface area contributed by atoms with E-state index in [0.717, 1.165) is 16.7 Å². The van der Waals surface area contributed by atoms with Gasteiger partial charge in [-0.25, -0.2) is 4.98 Å². The van der Waals surface area contributed by atoms with Gasteiger partial charge in [0.05, 0.1) is 17.5 Å². The molecule has 6 rings (SSSR count). The van der Waals surface area contributed by atoms with Crippen LogP contribution in [-0.4, -0.2) is 26.7 Å². The van der Waals surface area contributed by atoms with Crippen molar-refractivity contribution >= 4 is 22.6 Å². The highest BCUT2D eigenvalue weighted by molar-refractivity contribution is 5.96. The molecule has 3 aromatic heterocycles. The quantitative estimate of drug-likeness (QED) is 0.366. The minimum absolute atomic E-state index is 0.0237. The van der Waals surface area contributed by atoms with E-state index >= 15 is 0 Å². The standard InChI is InChI=1S/C28H23N5O4/c1-17-6-5-11-32-25(17)31-26-21(28(32)35)13-20(24(29)33(26)15-18-7-3-2-4-8-18)27(34)30-14-19-9-10-22-23(12-19)37-16-36-22/h2-13,29H,14-16H2,1H3,(H,30,34). The molecule has 0 fully saturated rings. The lowest BCUT2D eigenvalue weighted by Crippen LogP contribution is -2.35. The predicted molar refractivity (Wildman–Crippen MR) is 137 cm³/mol. The van der Waals surface area contributed by atoms with Gasteiger partial charge >= 0.3 is 0 Å². The van der Waals surface area contributed by atoms with Crippen LogP contribution in [-0.2, 0) is 13.1 Å². The number of carbonyl (C=O) groups is 1. The zero-order chi connectivity index (χ0) is 25.5. The van der Waals surface area contributed by atoms with Gasteiger partial charge in [0, 0.05) is 12.7 Å². The summed E-state index contributed by atoms with van der Waals surface area (Å²) in [7, 11) is 0. The fraction of sp³-hybridized carbons (Fsp3) is 0.143. The molecule has 0 unspecified atom stereocenters. The van der Waals surface area contributed by atoms with Crippen LogP contribution in [0.15, 0.2) is 77.7 Å². The van der Waals surface area contributed by atoms with E-state index in [-0.39, 0.29) is 41.9 Å². The van der Waals surface area contributed by atoms with Crippen molar-refractivity contribution in [1.82, 2.24) is 19.3 Å². The first-order valence-corrected chi connectivity index (χ1v) is 11.8. The number of hydrogen-bond donors (Lipinski definition) is 2. The Morgan fingerprint density at radius 1 is 1.00 bits per heavy atom. The van der Waals surface area contributed by atoms with Crippen molar-refractivity contribution in [2.75, 3.05) is 6.79 Å². The van der Waals surface area contributed by atoms with Crippen molar-refractivity contribution in [3.63, 3.8) is 0 Å². The highest BCUT2D eigenvalue weighted by atomic mass is 16.7. The molecule has 1 aliphatic rings. The molecule has 0 saturated heterocycles. The fourth-order valence-corrected chi connectivity index (χ4v) is 4.52. The third-order valence-electron chi connectivity index (χ3n) is 6.45. The van der Waals surface area contributed by atoms with Gasteiger partial charge in [0.2, 0.25) is 6.79 Å². The second-order valence-corrected chi connectivity index (χ2v) is 8.89. The first kappa shape index (κ1) is 22.5. The summed E-state index contributed by atoms with van der Waals surface area (Å²) in [5.74, 6) is 0.830. The lowest BCUT2D eigenvalue weighted by atomic mass is 10.1. The molecular weight excluding hydrogens is 470 g/mol. The Hall–Kier alpha value is -4.92. The van der Waals surface area contributed by atoms with Crippen LogP contribution >= 0.6 is 0 Å². The summed E-state index contributed by atoms with van der Waals surface area (Å²) < 4.78 is 13.8. The van der Waals surface area contributed by atoms with Crippen molar-refractivity contribution in [3.8, 4) is 11.5 Å². The average molecular weight is 494 g/mol. The first-order valence-electron chi connectivity index (χ1n) is 11.8. The van der Waals surface area contributed by atoms with Crippen LogP contribution in [0, 0.1) is 12.3 Å². The van der Waals surface area contributed by atoms with Gasteiger partial charge in [-0.3, -0.25) is 19.4 Å². The summed E-state index contributed by atoms with van der Waals surface area (Å²) in [6.45, 7) is 2.56. The summed E-state index contributed by atoms with van der Waals surface area (Å²) in [4.78, 5) is 31.6. The van der Waals surface area contributed by atoms with Crippen molar-refractivity contribution in [3.05, 3.63) is 111 Å². The van der Waals surface area contributed by atoms with Crippen LogP contribution in [0.25, 0.3) is 16.7 Å². The molecule has 2 N–H and O–H groups in total. The second-order valence-electron chi connectivity index (χ2n) is 8.89. The highest BCUT2D eigenvalue weighted by Gasteiger charge is 2.19. The van der Waals surface area contributed by atoms with Gasteiger partial charge in [-0.05, 0) is 47.9 Å². The minimum atomic E-state index is -0.458. The Kier molecular flexibility index (Phi) is 5.45. The predicted octanol–water partition coefficient (Wildman–Crippen LogP) is 3.14. The van der Waals surface area contributed by atoms with Gasteiger partial charge in [0.25, 0.3) is 11.5 Å². The van der Waals surface area contributed by atoms with E-state index in [1.807, 2.05) is 55.5 Å². The molecule has 5 aromatic rings. The maximum atomic E-state index is 13.5. The number of aryl methyl sites for hydroxylation is 1. The molecule has 9 heteroatoms. The van der Waals surface area contributed by atoms with Crippen LogP contribution in [0.2, 0.25) is 0 Å². The summed E-state index contributed by atoms with van der Waals surface area (Å²) >= 11 is 0. The number of carbonyl (C=O) groups excluding carboxylic acids is 1. The number of benzene rings is 2.